The van der Waals surface area contributed by atoms with Gasteiger partial charge in [0.05, 0.1) is 5.52 Å². The van der Waals surface area contributed by atoms with Gasteiger partial charge in [0.1, 0.15) is 11.6 Å². The van der Waals surface area contributed by atoms with Crippen molar-refractivity contribution in [3.05, 3.63) is 47.7 Å². The van der Waals surface area contributed by atoms with Crippen LogP contribution in [0.2, 0.25) is 0 Å². The summed E-state index contributed by atoms with van der Waals surface area (Å²) >= 11 is 0. The molecule has 5 heteroatoms. The van der Waals surface area contributed by atoms with Crippen LogP contribution in [-0.4, -0.2) is 25.0 Å². The van der Waals surface area contributed by atoms with Gasteiger partial charge in [0.2, 0.25) is 0 Å². The number of aromatic hydroxyl groups is 1. The minimum absolute atomic E-state index is 0.00617. The molecule has 4 rings (SSSR count). The Hall–Kier alpha value is -2.56. The van der Waals surface area contributed by atoms with Crippen LogP contribution in [0.5, 0.6) is 5.75 Å². The summed E-state index contributed by atoms with van der Waals surface area (Å²) < 4.78 is 26.2. The first kappa shape index (κ1) is 11.0. The van der Waals surface area contributed by atoms with E-state index >= 15 is 0 Å². The Balaban J connectivity index is 1.74. The smallest absolute Gasteiger partial charge is 0.170 e. The van der Waals surface area contributed by atoms with Crippen molar-refractivity contribution in [3.8, 4) is 5.75 Å². The van der Waals surface area contributed by atoms with Gasteiger partial charge in [-0.15, -0.1) is 0 Å². The van der Waals surface area contributed by atoms with Gasteiger partial charge in [-0.05, 0) is 25.8 Å². The molecule has 3 aromatic rings. The molecule has 2 aromatic heterocycles. The van der Waals surface area contributed by atoms with E-state index in [1.54, 1.807) is 22.9 Å². The maximum atomic E-state index is 13.2. The third kappa shape index (κ3) is 2.00. The van der Waals surface area contributed by atoms with E-state index < -0.39 is 6.85 Å². The number of fused-ring (bicyclic) bond motifs is 3. The number of aromatic nitrogens is 3. The number of hydrogen-bond donors (Lipinski definition) is 1. The third-order valence-corrected chi connectivity index (χ3v) is 4.79. The molecule has 0 saturated carbocycles. The summed E-state index contributed by atoms with van der Waals surface area (Å²) in [5, 5.41) is 10.9. The number of para-hydroxylation sites is 1. The number of aryl methyl sites for hydroxylation is 2. The maximum Gasteiger partial charge on any atom is 0.170 e. The number of phenolic OH excluding ortho intramolecular Hbond substituents is 1. The van der Waals surface area contributed by atoms with Gasteiger partial charge in [0.25, 0.3) is 0 Å². The quantitative estimate of drug-likeness (QED) is 0.791. The SMILES string of the molecule is [2H]C([2H])([2H])c1nccn1CC1CCc2c(c3cccc(O)c3n2C)C1=O. The minimum Gasteiger partial charge on any atom is -0.506 e. The van der Waals surface area contributed by atoms with E-state index in [-0.39, 0.29) is 23.3 Å². The number of ketones is 1. The minimum atomic E-state index is -2.31. The fourth-order valence-electron chi connectivity index (χ4n) is 3.65. The summed E-state index contributed by atoms with van der Waals surface area (Å²) in [6.07, 6.45) is 4.40. The lowest BCUT2D eigenvalue weighted by molar-refractivity contribution is 0.0888. The maximum absolute atomic E-state index is 13.2. The van der Waals surface area contributed by atoms with E-state index in [9.17, 15) is 9.90 Å². The highest BCUT2D eigenvalue weighted by Crippen LogP contribution is 2.37. The Bertz CT molecular complexity index is 1020. The second kappa shape index (κ2) is 4.98. The van der Waals surface area contributed by atoms with Crippen LogP contribution < -0.4 is 0 Å². The molecule has 23 heavy (non-hydrogen) atoms. The van der Waals surface area contributed by atoms with Gasteiger partial charge < -0.3 is 14.2 Å². The Kier molecular flexibility index (Phi) is 2.39. The van der Waals surface area contributed by atoms with Crippen LogP contribution in [0.15, 0.2) is 30.6 Å². The Morgan fingerprint density at radius 2 is 2.35 bits per heavy atom. The molecule has 0 spiro atoms. The highest BCUT2D eigenvalue weighted by Gasteiger charge is 2.32. The first-order chi connectivity index (χ1) is 12.3. The van der Waals surface area contributed by atoms with E-state index in [2.05, 4.69) is 4.98 Å². The molecule has 1 aliphatic rings. The number of carbonyl (C=O) groups is 1. The fraction of sp³-hybridized carbons (Fsp3) is 0.333. The van der Waals surface area contributed by atoms with Crippen molar-refractivity contribution in [1.29, 1.82) is 0 Å². The van der Waals surface area contributed by atoms with Crippen LogP contribution in [-0.2, 0) is 20.0 Å². The van der Waals surface area contributed by atoms with Crippen molar-refractivity contribution >= 4 is 16.7 Å². The molecule has 0 bridgehead atoms. The first-order valence-corrected chi connectivity index (χ1v) is 7.64. The van der Waals surface area contributed by atoms with Crippen molar-refractivity contribution in [2.45, 2.75) is 26.2 Å². The zero-order chi connectivity index (χ0) is 18.6. The molecule has 1 atom stereocenters. The molecular formula is C18H19N3O2. The molecule has 2 heterocycles. The lowest BCUT2D eigenvalue weighted by Crippen LogP contribution is -2.27. The molecule has 0 saturated heterocycles. The van der Waals surface area contributed by atoms with Crippen molar-refractivity contribution in [2.24, 2.45) is 13.0 Å². The van der Waals surface area contributed by atoms with Crippen LogP contribution in [0.25, 0.3) is 10.9 Å². The van der Waals surface area contributed by atoms with Gasteiger partial charge in [0, 0.05) is 52.7 Å². The van der Waals surface area contributed by atoms with Gasteiger partial charge in [0.15, 0.2) is 5.78 Å². The molecule has 1 unspecified atom stereocenters. The normalized spacial score (nSPS) is 20.1. The first-order valence-electron chi connectivity index (χ1n) is 9.14. The van der Waals surface area contributed by atoms with Crippen LogP contribution in [0.3, 0.4) is 0 Å². The van der Waals surface area contributed by atoms with E-state index in [4.69, 9.17) is 4.11 Å². The summed E-state index contributed by atoms with van der Waals surface area (Å²) in [5.74, 6) is -0.159. The van der Waals surface area contributed by atoms with E-state index in [0.29, 0.717) is 30.5 Å². The Morgan fingerprint density at radius 3 is 3.17 bits per heavy atom. The Morgan fingerprint density at radius 1 is 1.48 bits per heavy atom. The number of phenols is 1. The second-order valence-electron chi connectivity index (χ2n) is 6.06. The number of rotatable bonds is 2. The van der Waals surface area contributed by atoms with Gasteiger partial charge in [-0.2, -0.15) is 0 Å². The molecule has 0 fully saturated rings. The summed E-state index contributed by atoms with van der Waals surface area (Å²) in [6.45, 7) is -2.02. The van der Waals surface area contributed by atoms with Crippen molar-refractivity contribution < 1.29 is 14.0 Å². The van der Waals surface area contributed by atoms with Gasteiger partial charge in [-0.3, -0.25) is 4.79 Å². The highest BCUT2D eigenvalue weighted by atomic mass is 16.3. The zero-order valence-corrected chi connectivity index (χ0v) is 12.8. The average molecular weight is 312 g/mol. The topological polar surface area (TPSA) is 60.0 Å². The molecule has 0 amide bonds. The summed E-state index contributed by atoms with van der Waals surface area (Å²) in [4.78, 5) is 17.1. The van der Waals surface area contributed by atoms with Gasteiger partial charge in [-0.1, -0.05) is 12.1 Å². The predicted molar refractivity (Wildman–Crippen MR) is 87.7 cm³/mol. The predicted octanol–water partition coefficient (Wildman–Crippen LogP) is 2.83. The largest absolute Gasteiger partial charge is 0.506 e. The number of hydrogen-bond acceptors (Lipinski definition) is 3. The lowest BCUT2D eigenvalue weighted by Gasteiger charge is -2.23. The number of imidazole rings is 1. The number of carbonyl (C=O) groups excluding carboxylic acids is 1. The molecule has 5 nitrogen and oxygen atoms in total. The number of Topliss-reactive ketones (excluding diaryl/α,β-unsaturated/α-hetero) is 1. The van der Waals surface area contributed by atoms with E-state index in [1.807, 2.05) is 17.7 Å². The molecule has 1 N–H and O–H groups in total. The van der Waals surface area contributed by atoms with E-state index in [1.165, 1.54) is 6.20 Å². The third-order valence-electron chi connectivity index (χ3n) is 4.79. The molecule has 0 radical (unpaired) electrons. The monoisotopic (exact) mass is 312 g/mol. The van der Waals surface area contributed by atoms with E-state index in [0.717, 1.165) is 11.1 Å². The fourth-order valence-corrected chi connectivity index (χ4v) is 3.65. The highest BCUT2D eigenvalue weighted by molar-refractivity contribution is 6.12. The molecule has 0 aliphatic heterocycles. The summed E-state index contributed by atoms with van der Waals surface area (Å²) in [7, 11) is 1.86. The zero-order valence-electron chi connectivity index (χ0n) is 15.8. The van der Waals surface area contributed by atoms with Gasteiger partial charge in [-0.25, -0.2) is 4.98 Å². The molecular weight excluding hydrogens is 290 g/mol. The van der Waals surface area contributed by atoms with Crippen LogP contribution in [0, 0.1) is 12.8 Å². The van der Waals surface area contributed by atoms with Crippen molar-refractivity contribution in [2.75, 3.05) is 0 Å². The second-order valence-corrected chi connectivity index (χ2v) is 6.06. The van der Waals surface area contributed by atoms with Crippen molar-refractivity contribution in [3.63, 3.8) is 0 Å². The number of benzene rings is 1. The molecule has 118 valence electrons. The average Bonchev–Trinajstić information content (AvgIpc) is 3.14. The standard InChI is InChI=1S/C18H19N3O2/c1-11-19-8-9-21(11)10-12-6-7-14-16(18(12)23)13-4-3-5-15(22)17(13)20(14)2/h3-5,8-9,12,22H,6-7,10H2,1-2H3/i1D3. The molecule has 1 aliphatic carbocycles. The Labute approximate surface area is 138 Å². The summed E-state index contributed by atoms with van der Waals surface area (Å²) in [5.41, 5.74) is 2.23. The van der Waals surface area contributed by atoms with Crippen LogP contribution in [0.1, 0.15) is 32.4 Å². The van der Waals surface area contributed by atoms with Crippen LogP contribution in [0.4, 0.5) is 0 Å². The number of nitrogens with zero attached hydrogens (tertiary/aromatic N) is 3. The summed E-state index contributed by atoms with van der Waals surface area (Å²) in [6, 6.07) is 5.19. The van der Waals surface area contributed by atoms with Crippen LogP contribution >= 0.6 is 0 Å². The lowest BCUT2D eigenvalue weighted by atomic mass is 9.85. The van der Waals surface area contributed by atoms with Crippen molar-refractivity contribution in [1.82, 2.24) is 14.1 Å². The van der Waals surface area contributed by atoms with Gasteiger partial charge >= 0.3 is 0 Å². The molecule has 1 aromatic carbocycles.